The first kappa shape index (κ1) is 14.9. The number of nitriles is 1. The van der Waals surface area contributed by atoms with Crippen molar-refractivity contribution in [3.63, 3.8) is 0 Å². The van der Waals surface area contributed by atoms with Crippen molar-refractivity contribution in [1.82, 2.24) is 4.90 Å². The van der Waals surface area contributed by atoms with E-state index in [1.165, 1.54) is 6.07 Å². The van der Waals surface area contributed by atoms with Gasteiger partial charge in [-0.1, -0.05) is 12.1 Å². The number of carbonyl (C=O) groups excluding carboxylic acids is 2. The van der Waals surface area contributed by atoms with Gasteiger partial charge in [-0.25, -0.2) is 8.78 Å². The van der Waals surface area contributed by atoms with Crippen molar-refractivity contribution in [1.29, 1.82) is 5.26 Å². The zero-order valence-corrected chi connectivity index (χ0v) is 12.1. The van der Waals surface area contributed by atoms with Crippen molar-refractivity contribution in [2.24, 2.45) is 0 Å². The maximum absolute atomic E-state index is 13.6. The summed E-state index contributed by atoms with van der Waals surface area (Å²) in [4.78, 5) is 25.6. The molecule has 0 saturated carbocycles. The Kier molecular flexibility index (Phi) is 3.41. The molecule has 0 saturated heterocycles. The summed E-state index contributed by atoms with van der Waals surface area (Å²) in [6.07, 6.45) is 0. The van der Waals surface area contributed by atoms with Crippen LogP contribution in [0.25, 0.3) is 0 Å². The molecule has 3 rings (SSSR count). The fourth-order valence-corrected chi connectivity index (χ4v) is 2.53. The average Bonchev–Trinajstić information content (AvgIpc) is 2.75. The Morgan fingerprint density at radius 3 is 2.52 bits per heavy atom. The minimum Gasteiger partial charge on any atom is -0.270 e. The van der Waals surface area contributed by atoms with Gasteiger partial charge in [-0.2, -0.15) is 5.26 Å². The number of aryl methyl sites for hydroxylation is 1. The Hall–Kier alpha value is -3.07. The van der Waals surface area contributed by atoms with Crippen molar-refractivity contribution in [2.75, 3.05) is 0 Å². The summed E-state index contributed by atoms with van der Waals surface area (Å²) >= 11 is 0. The zero-order valence-electron chi connectivity index (χ0n) is 12.1. The number of halogens is 2. The number of rotatable bonds is 2. The summed E-state index contributed by atoms with van der Waals surface area (Å²) in [5.74, 6) is -2.57. The van der Waals surface area contributed by atoms with Gasteiger partial charge in [0, 0.05) is 0 Å². The summed E-state index contributed by atoms with van der Waals surface area (Å²) in [5.41, 5.74) is 0.452. The maximum Gasteiger partial charge on any atom is 0.263 e. The number of hydrogen-bond acceptors (Lipinski definition) is 3. The Bertz CT molecular complexity index is 900. The summed E-state index contributed by atoms with van der Waals surface area (Å²) in [7, 11) is 0. The topological polar surface area (TPSA) is 61.2 Å². The molecule has 114 valence electrons. The number of amides is 2. The second kappa shape index (κ2) is 5.29. The molecule has 0 N–H and O–H groups in total. The summed E-state index contributed by atoms with van der Waals surface area (Å²) in [5, 5.41) is 9.02. The lowest BCUT2D eigenvalue weighted by atomic mass is 10.0. The van der Waals surface area contributed by atoms with Gasteiger partial charge in [-0.15, -0.1) is 0 Å². The van der Waals surface area contributed by atoms with Gasteiger partial charge in [0.2, 0.25) is 0 Å². The Balaban J connectivity index is 2.00. The highest BCUT2D eigenvalue weighted by atomic mass is 19.1. The van der Waals surface area contributed by atoms with Gasteiger partial charge in [0.1, 0.15) is 17.7 Å². The Labute approximate surface area is 130 Å². The van der Waals surface area contributed by atoms with Crippen LogP contribution in [0, 0.1) is 29.9 Å². The van der Waals surface area contributed by atoms with Gasteiger partial charge in [-0.05, 0) is 36.2 Å². The quantitative estimate of drug-likeness (QED) is 0.801. The molecule has 1 aliphatic rings. The summed E-state index contributed by atoms with van der Waals surface area (Å²) < 4.78 is 27.1. The van der Waals surface area contributed by atoms with Crippen LogP contribution in [0.15, 0.2) is 30.3 Å². The molecule has 0 aliphatic carbocycles. The molecule has 0 unspecified atom stereocenters. The second-order valence-corrected chi connectivity index (χ2v) is 5.27. The number of carbonyl (C=O) groups is 2. The Morgan fingerprint density at radius 2 is 1.87 bits per heavy atom. The van der Waals surface area contributed by atoms with E-state index < -0.39 is 23.4 Å². The molecule has 2 aromatic rings. The summed E-state index contributed by atoms with van der Waals surface area (Å²) in [6.45, 7) is 1.46. The number of benzene rings is 2. The SMILES string of the molecule is Cc1ccc(CN2C(=O)c3cc(F)cc(C#N)c3C2=O)cc1F. The van der Waals surface area contributed by atoms with E-state index in [-0.39, 0.29) is 23.2 Å². The minimum atomic E-state index is -0.760. The molecule has 1 heterocycles. The predicted octanol–water partition coefficient (Wildman–Crippen LogP) is 2.94. The lowest BCUT2D eigenvalue weighted by Gasteiger charge is -2.14. The third kappa shape index (κ3) is 2.36. The van der Waals surface area contributed by atoms with E-state index in [9.17, 15) is 18.4 Å². The van der Waals surface area contributed by atoms with Crippen molar-refractivity contribution in [2.45, 2.75) is 13.5 Å². The van der Waals surface area contributed by atoms with Gasteiger partial charge >= 0.3 is 0 Å². The van der Waals surface area contributed by atoms with Crippen LogP contribution in [-0.2, 0) is 6.54 Å². The molecular formula is C17H10F2N2O2. The van der Waals surface area contributed by atoms with Crippen LogP contribution < -0.4 is 0 Å². The third-order valence-electron chi connectivity index (χ3n) is 3.74. The van der Waals surface area contributed by atoms with Crippen molar-refractivity contribution >= 4 is 11.8 Å². The monoisotopic (exact) mass is 312 g/mol. The van der Waals surface area contributed by atoms with E-state index in [0.29, 0.717) is 11.1 Å². The molecule has 0 bridgehead atoms. The smallest absolute Gasteiger partial charge is 0.263 e. The van der Waals surface area contributed by atoms with Crippen molar-refractivity contribution < 1.29 is 18.4 Å². The molecule has 6 heteroatoms. The van der Waals surface area contributed by atoms with Crippen LogP contribution in [0.2, 0.25) is 0 Å². The maximum atomic E-state index is 13.6. The van der Waals surface area contributed by atoms with Crippen LogP contribution in [0.4, 0.5) is 8.78 Å². The van der Waals surface area contributed by atoms with E-state index in [2.05, 4.69) is 0 Å². The molecule has 0 aromatic heterocycles. The lowest BCUT2D eigenvalue weighted by molar-refractivity contribution is 0.0642. The lowest BCUT2D eigenvalue weighted by Crippen LogP contribution is -2.29. The van der Waals surface area contributed by atoms with E-state index >= 15 is 0 Å². The first-order valence-electron chi connectivity index (χ1n) is 6.77. The average molecular weight is 312 g/mol. The first-order valence-corrected chi connectivity index (χ1v) is 6.77. The highest BCUT2D eigenvalue weighted by Gasteiger charge is 2.38. The van der Waals surface area contributed by atoms with E-state index in [1.807, 2.05) is 0 Å². The normalized spacial score (nSPS) is 13.2. The number of hydrogen-bond donors (Lipinski definition) is 0. The Morgan fingerprint density at radius 1 is 1.13 bits per heavy atom. The number of fused-ring (bicyclic) bond motifs is 1. The van der Waals surface area contributed by atoms with Crippen LogP contribution >= 0.6 is 0 Å². The molecule has 23 heavy (non-hydrogen) atoms. The van der Waals surface area contributed by atoms with E-state index in [0.717, 1.165) is 17.0 Å². The molecular weight excluding hydrogens is 302 g/mol. The van der Waals surface area contributed by atoms with Crippen LogP contribution in [0.3, 0.4) is 0 Å². The van der Waals surface area contributed by atoms with Gasteiger partial charge in [-0.3, -0.25) is 14.5 Å². The number of imide groups is 1. The fourth-order valence-electron chi connectivity index (χ4n) is 2.53. The minimum absolute atomic E-state index is 0.105. The molecule has 0 fully saturated rings. The molecule has 0 spiro atoms. The predicted molar refractivity (Wildman–Crippen MR) is 76.5 cm³/mol. The fraction of sp³-hybridized carbons (Fsp3) is 0.118. The van der Waals surface area contributed by atoms with Crippen LogP contribution in [-0.4, -0.2) is 16.7 Å². The standard InChI is InChI=1S/C17H10F2N2O2/c1-9-2-3-10(4-14(9)19)8-21-16(22)13-6-12(18)5-11(7-20)15(13)17(21)23/h2-6H,8H2,1H3. The first-order chi connectivity index (χ1) is 10.9. The third-order valence-corrected chi connectivity index (χ3v) is 3.74. The molecule has 0 atom stereocenters. The van der Waals surface area contributed by atoms with Crippen molar-refractivity contribution in [3.05, 3.63) is 69.8 Å². The van der Waals surface area contributed by atoms with E-state index in [4.69, 9.17) is 5.26 Å². The second-order valence-electron chi connectivity index (χ2n) is 5.27. The zero-order chi connectivity index (χ0) is 16.7. The van der Waals surface area contributed by atoms with Gasteiger partial charge in [0.25, 0.3) is 11.8 Å². The summed E-state index contributed by atoms with van der Waals surface area (Å²) in [6, 6.07) is 7.96. The molecule has 1 aliphatic heterocycles. The molecule has 2 aromatic carbocycles. The molecule has 0 radical (unpaired) electrons. The highest BCUT2D eigenvalue weighted by Crippen LogP contribution is 2.28. The van der Waals surface area contributed by atoms with Crippen LogP contribution in [0.1, 0.15) is 37.4 Å². The van der Waals surface area contributed by atoms with E-state index in [1.54, 1.807) is 25.1 Å². The molecule has 2 amide bonds. The van der Waals surface area contributed by atoms with Gasteiger partial charge in [0.15, 0.2) is 0 Å². The largest absolute Gasteiger partial charge is 0.270 e. The van der Waals surface area contributed by atoms with Gasteiger partial charge < -0.3 is 0 Å². The van der Waals surface area contributed by atoms with Crippen LogP contribution in [0.5, 0.6) is 0 Å². The molecule has 4 nitrogen and oxygen atoms in total. The highest BCUT2D eigenvalue weighted by molar-refractivity contribution is 6.22. The number of nitrogens with zero attached hydrogens (tertiary/aromatic N) is 2. The van der Waals surface area contributed by atoms with Gasteiger partial charge in [0.05, 0.1) is 23.2 Å². The van der Waals surface area contributed by atoms with Crippen molar-refractivity contribution in [3.8, 4) is 6.07 Å².